The zero-order valence-electron chi connectivity index (χ0n) is 15.0. The molecule has 2 aromatic carbocycles. The van der Waals surface area contributed by atoms with Crippen LogP contribution in [0.3, 0.4) is 0 Å². The highest BCUT2D eigenvalue weighted by molar-refractivity contribution is 5.76. The molecule has 0 bridgehead atoms. The molecule has 0 saturated carbocycles. The number of benzene rings is 2. The number of hydrogen-bond acceptors (Lipinski definition) is 3. The van der Waals surface area contributed by atoms with Gasteiger partial charge in [-0.05, 0) is 48.6 Å². The molecule has 0 fully saturated rings. The quantitative estimate of drug-likeness (QED) is 0.511. The minimum atomic E-state index is 0.0581. The van der Waals surface area contributed by atoms with Crippen LogP contribution in [0.4, 0.5) is 5.69 Å². The number of nitrogen functional groups attached to an aromatic ring is 1. The Morgan fingerprint density at radius 1 is 1.08 bits per heavy atom. The number of para-hydroxylation sites is 1. The Kier molecular flexibility index (Phi) is 7.83. The van der Waals surface area contributed by atoms with Gasteiger partial charge in [-0.15, -0.1) is 0 Å². The lowest BCUT2D eigenvalue weighted by molar-refractivity contribution is -0.121. The van der Waals surface area contributed by atoms with Gasteiger partial charge in [0.1, 0.15) is 5.75 Å². The fraction of sp³-hybridized carbons (Fsp3) is 0.381. The Hall–Kier alpha value is -2.49. The van der Waals surface area contributed by atoms with Gasteiger partial charge in [-0.2, -0.15) is 0 Å². The van der Waals surface area contributed by atoms with Gasteiger partial charge in [0.05, 0.1) is 6.61 Å². The molecule has 2 aromatic rings. The van der Waals surface area contributed by atoms with E-state index < -0.39 is 0 Å². The van der Waals surface area contributed by atoms with E-state index in [0.717, 1.165) is 42.9 Å². The van der Waals surface area contributed by atoms with Gasteiger partial charge in [0.15, 0.2) is 0 Å². The highest BCUT2D eigenvalue weighted by Crippen LogP contribution is 2.14. The minimum Gasteiger partial charge on any atom is -0.494 e. The Bertz CT molecular complexity index is 653. The number of aryl methyl sites for hydroxylation is 1. The third-order valence-corrected chi connectivity index (χ3v) is 4.10. The van der Waals surface area contributed by atoms with Crippen molar-refractivity contribution in [3.63, 3.8) is 0 Å². The summed E-state index contributed by atoms with van der Waals surface area (Å²) in [7, 11) is 0. The number of carbonyl (C=O) groups excluding carboxylic acids is 1. The van der Waals surface area contributed by atoms with E-state index in [0.29, 0.717) is 19.4 Å². The molecule has 25 heavy (non-hydrogen) atoms. The predicted molar refractivity (Wildman–Crippen MR) is 103 cm³/mol. The van der Waals surface area contributed by atoms with Crippen LogP contribution in [0.15, 0.2) is 48.5 Å². The summed E-state index contributed by atoms with van der Waals surface area (Å²) in [5.41, 5.74) is 8.85. The lowest BCUT2D eigenvalue weighted by Crippen LogP contribution is -2.25. The number of hydrogen-bond donors (Lipinski definition) is 2. The average Bonchev–Trinajstić information content (AvgIpc) is 2.62. The Morgan fingerprint density at radius 3 is 2.56 bits per heavy atom. The number of carbonyl (C=O) groups is 1. The molecule has 0 radical (unpaired) electrons. The second-order valence-electron chi connectivity index (χ2n) is 6.14. The first kappa shape index (κ1) is 18.8. The molecule has 134 valence electrons. The van der Waals surface area contributed by atoms with Gasteiger partial charge in [-0.1, -0.05) is 43.7 Å². The molecule has 0 spiro atoms. The van der Waals surface area contributed by atoms with E-state index in [-0.39, 0.29) is 5.91 Å². The molecule has 2 rings (SSSR count). The summed E-state index contributed by atoms with van der Waals surface area (Å²) in [5.74, 6) is 0.962. The molecule has 0 atom stereocenters. The van der Waals surface area contributed by atoms with Crippen molar-refractivity contribution in [2.45, 2.75) is 39.0 Å². The van der Waals surface area contributed by atoms with Crippen LogP contribution in [-0.4, -0.2) is 19.1 Å². The van der Waals surface area contributed by atoms with Crippen LogP contribution in [0, 0.1) is 0 Å². The lowest BCUT2D eigenvalue weighted by Gasteiger charge is -2.08. The number of nitrogens with two attached hydrogens (primary N) is 1. The maximum atomic E-state index is 11.9. The molecule has 4 nitrogen and oxygen atoms in total. The molecule has 4 heteroatoms. The number of nitrogens with one attached hydrogen (secondary N) is 1. The van der Waals surface area contributed by atoms with Crippen molar-refractivity contribution in [2.75, 3.05) is 18.9 Å². The van der Waals surface area contributed by atoms with Crippen molar-refractivity contribution < 1.29 is 9.53 Å². The van der Waals surface area contributed by atoms with E-state index in [4.69, 9.17) is 10.5 Å². The summed E-state index contributed by atoms with van der Waals surface area (Å²) in [6.45, 7) is 3.55. The highest BCUT2D eigenvalue weighted by atomic mass is 16.5. The fourth-order valence-electron chi connectivity index (χ4n) is 2.53. The average molecular weight is 340 g/mol. The summed E-state index contributed by atoms with van der Waals surface area (Å²) in [6.07, 6.45) is 4.15. The number of unbranched alkanes of at least 4 members (excludes halogenated alkanes) is 1. The number of rotatable bonds is 10. The van der Waals surface area contributed by atoms with Crippen molar-refractivity contribution >= 4 is 11.6 Å². The Balaban J connectivity index is 1.66. The first-order valence-electron chi connectivity index (χ1n) is 9.01. The molecule has 3 N–H and O–H groups in total. The van der Waals surface area contributed by atoms with Crippen molar-refractivity contribution in [2.24, 2.45) is 0 Å². The number of anilines is 1. The van der Waals surface area contributed by atoms with Gasteiger partial charge in [-0.3, -0.25) is 4.79 Å². The summed E-state index contributed by atoms with van der Waals surface area (Å²) >= 11 is 0. The fourth-order valence-corrected chi connectivity index (χ4v) is 2.53. The van der Waals surface area contributed by atoms with E-state index >= 15 is 0 Å². The molecule has 0 aliphatic rings. The van der Waals surface area contributed by atoms with Crippen LogP contribution < -0.4 is 15.8 Å². The molecular weight excluding hydrogens is 312 g/mol. The van der Waals surface area contributed by atoms with Crippen LogP contribution in [0.25, 0.3) is 0 Å². The van der Waals surface area contributed by atoms with E-state index in [1.54, 1.807) is 0 Å². The normalized spacial score (nSPS) is 10.4. The summed E-state index contributed by atoms with van der Waals surface area (Å²) < 4.78 is 5.65. The Morgan fingerprint density at radius 2 is 1.84 bits per heavy atom. The first-order valence-corrected chi connectivity index (χ1v) is 9.01. The van der Waals surface area contributed by atoms with Gasteiger partial charge in [0.25, 0.3) is 0 Å². The van der Waals surface area contributed by atoms with Crippen LogP contribution in [0.2, 0.25) is 0 Å². The SMILES string of the molecule is CCCCOc1ccc(CCNC(=O)CCc2ccccc2N)cc1. The lowest BCUT2D eigenvalue weighted by atomic mass is 10.1. The molecular formula is C21H28N2O2. The van der Waals surface area contributed by atoms with Gasteiger partial charge >= 0.3 is 0 Å². The first-order chi connectivity index (χ1) is 12.2. The number of amides is 1. The zero-order valence-corrected chi connectivity index (χ0v) is 15.0. The molecule has 0 aliphatic carbocycles. The van der Waals surface area contributed by atoms with Crippen LogP contribution >= 0.6 is 0 Å². The van der Waals surface area contributed by atoms with E-state index in [9.17, 15) is 4.79 Å². The van der Waals surface area contributed by atoms with E-state index in [2.05, 4.69) is 24.4 Å². The summed E-state index contributed by atoms with van der Waals surface area (Å²) in [5, 5.41) is 2.97. The van der Waals surface area contributed by atoms with Gasteiger partial charge in [0, 0.05) is 18.7 Å². The van der Waals surface area contributed by atoms with Crippen molar-refractivity contribution in [3.8, 4) is 5.75 Å². The predicted octanol–water partition coefficient (Wildman–Crippen LogP) is 3.74. The van der Waals surface area contributed by atoms with E-state index in [1.165, 1.54) is 5.56 Å². The third kappa shape index (κ3) is 6.87. The van der Waals surface area contributed by atoms with Crippen LogP contribution in [0.1, 0.15) is 37.3 Å². The minimum absolute atomic E-state index is 0.0581. The van der Waals surface area contributed by atoms with Crippen LogP contribution in [-0.2, 0) is 17.6 Å². The standard InChI is InChI=1S/C21H28N2O2/c1-2-3-16-25-19-11-8-17(9-12-19)14-15-23-21(24)13-10-18-6-4-5-7-20(18)22/h4-9,11-12H,2-3,10,13-16,22H2,1H3,(H,23,24). The zero-order chi connectivity index (χ0) is 17.9. The van der Waals surface area contributed by atoms with E-state index in [1.807, 2.05) is 36.4 Å². The second kappa shape index (κ2) is 10.4. The van der Waals surface area contributed by atoms with Crippen molar-refractivity contribution in [3.05, 3.63) is 59.7 Å². The van der Waals surface area contributed by atoms with Crippen molar-refractivity contribution in [1.82, 2.24) is 5.32 Å². The van der Waals surface area contributed by atoms with Crippen LogP contribution in [0.5, 0.6) is 5.75 Å². The topological polar surface area (TPSA) is 64.3 Å². The smallest absolute Gasteiger partial charge is 0.220 e. The van der Waals surface area contributed by atoms with Gasteiger partial charge in [-0.25, -0.2) is 0 Å². The molecule has 0 aliphatic heterocycles. The molecule has 0 unspecified atom stereocenters. The van der Waals surface area contributed by atoms with Gasteiger partial charge < -0.3 is 15.8 Å². The molecule has 1 amide bonds. The third-order valence-electron chi connectivity index (χ3n) is 4.10. The van der Waals surface area contributed by atoms with Crippen molar-refractivity contribution in [1.29, 1.82) is 0 Å². The number of ether oxygens (including phenoxy) is 1. The monoisotopic (exact) mass is 340 g/mol. The summed E-state index contributed by atoms with van der Waals surface area (Å²) in [6, 6.07) is 15.8. The Labute approximate surface area is 150 Å². The molecule has 0 aromatic heterocycles. The maximum absolute atomic E-state index is 11.9. The van der Waals surface area contributed by atoms with Gasteiger partial charge in [0.2, 0.25) is 5.91 Å². The summed E-state index contributed by atoms with van der Waals surface area (Å²) in [4.78, 5) is 11.9. The maximum Gasteiger partial charge on any atom is 0.220 e. The molecule has 0 saturated heterocycles. The second-order valence-corrected chi connectivity index (χ2v) is 6.14. The molecule has 0 heterocycles. The highest BCUT2D eigenvalue weighted by Gasteiger charge is 2.04. The largest absolute Gasteiger partial charge is 0.494 e.